The van der Waals surface area contributed by atoms with Crippen LogP contribution in [0.5, 0.6) is 0 Å². The first-order valence-corrected chi connectivity index (χ1v) is 5.35. The highest BCUT2D eigenvalue weighted by Crippen LogP contribution is 2.18. The molecule has 0 aliphatic carbocycles. The van der Waals surface area contributed by atoms with Gasteiger partial charge in [-0.2, -0.15) is 0 Å². The largest absolute Gasteiger partial charge is 0.343 e. The SMILES string of the molecule is O=[PH](O)c1ccc2ccccc2c1. The number of rotatable bonds is 1. The van der Waals surface area contributed by atoms with Crippen molar-refractivity contribution in [3.05, 3.63) is 42.5 Å². The highest BCUT2D eigenvalue weighted by Gasteiger charge is 1.99. The first kappa shape index (κ1) is 8.49. The van der Waals surface area contributed by atoms with E-state index in [1.54, 1.807) is 12.1 Å². The van der Waals surface area contributed by atoms with E-state index >= 15 is 0 Å². The van der Waals surface area contributed by atoms with Crippen molar-refractivity contribution in [2.45, 2.75) is 0 Å². The Balaban J connectivity index is 2.69. The molecule has 2 aromatic rings. The average Bonchev–Trinajstić information content (AvgIpc) is 2.17. The van der Waals surface area contributed by atoms with Crippen molar-refractivity contribution in [2.75, 3.05) is 0 Å². The zero-order chi connectivity index (χ0) is 9.26. The van der Waals surface area contributed by atoms with Gasteiger partial charge in [-0.15, -0.1) is 0 Å². The fraction of sp³-hybridized carbons (Fsp3) is 0. The van der Waals surface area contributed by atoms with Crippen molar-refractivity contribution in [1.29, 1.82) is 0 Å². The molecule has 1 N–H and O–H groups in total. The van der Waals surface area contributed by atoms with Crippen molar-refractivity contribution < 1.29 is 9.46 Å². The van der Waals surface area contributed by atoms with E-state index in [9.17, 15) is 4.57 Å². The van der Waals surface area contributed by atoms with Crippen LogP contribution in [-0.2, 0) is 4.57 Å². The second kappa shape index (κ2) is 3.33. The molecule has 0 radical (unpaired) electrons. The molecule has 1 atom stereocenters. The minimum atomic E-state index is -2.55. The van der Waals surface area contributed by atoms with Crippen molar-refractivity contribution in [1.82, 2.24) is 0 Å². The fourth-order valence-corrected chi connectivity index (χ4v) is 1.83. The van der Waals surface area contributed by atoms with Gasteiger partial charge in [0.2, 0.25) is 8.03 Å². The quantitative estimate of drug-likeness (QED) is 0.701. The zero-order valence-corrected chi connectivity index (χ0v) is 7.90. The Hall–Kier alpha value is -1.11. The first-order chi connectivity index (χ1) is 6.27. The summed E-state index contributed by atoms with van der Waals surface area (Å²) in [4.78, 5) is 8.93. The molecule has 2 aromatic carbocycles. The molecule has 0 saturated carbocycles. The third kappa shape index (κ3) is 1.64. The van der Waals surface area contributed by atoms with Crippen LogP contribution in [0.3, 0.4) is 0 Å². The number of hydrogen-bond donors (Lipinski definition) is 1. The third-order valence-electron chi connectivity index (χ3n) is 2.00. The summed E-state index contributed by atoms with van der Waals surface area (Å²) < 4.78 is 10.8. The van der Waals surface area contributed by atoms with E-state index in [2.05, 4.69) is 0 Å². The van der Waals surface area contributed by atoms with Gasteiger partial charge < -0.3 is 4.89 Å². The Labute approximate surface area is 76.7 Å². The van der Waals surface area contributed by atoms with E-state index in [-0.39, 0.29) is 0 Å². The molecule has 0 aliphatic heterocycles. The standard InChI is InChI=1S/C10H9O2P/c11-13(12)10-6-5-8-3-1-2-4-9(8)7-10/h1-7,13H,(H,11,12). The summed E-state index contributed by atoms with van der Waals surface area (Å²) in [5.74, 6) is 0. The van der Waals surface area contributed by atoms with Gasteiger partial charge >= 0.3 is 0 Å². The Morgan fingerprint density at radius 2 is 1.69 bits per heavy atom. The van der Waals surface area contributed by atoms with Crippen molar-refractivity contribution >= 4 is 24.1 Å². The Bertz CT molecular complexity index is 465. The molecular formula is C10H9O2P. The molecule has 0 aromatic heterocycles. The molecule has 2 nitrogen and oxygen atoms in total. The summed E-state index contributed by atoms with van der Waals surface area (Å²) in [7, 11) is -2.55. The van der Waals surface area contributed by atoms with E-state index in [1.807, 2.05) is 30.3 Å². The molecule has 0 spiro atoms. The minimum absolute atomic E-state index is 0.517. The van der Waals surface area contributed by atoms with E-state index in [4.69, 9.17) is 4.89 Å². The molecule has 0 aliphatic rings. The van der Waals surface area contributed by atoms with E-state index in [0.717, 1.165) is 10.8 Å². The van der Waals surface area contributed by atoms with E-state index in [1.165, 1.54) is 0 Å². The Morgan fingerprint density at radius 3 is 2.38 bits per heavy atom. The maximum Gasteiger partial charge on any atom is 0.218 e. The van der Waals surface area contributed by atoms with Crippen molar-refractivity contribution in [2.24, 2.45) is 0 Å². The van der Waals surface area contributed by atoms with Crippen LogP contribution < -0.4 is 5.30 Å². The molecule has 3 heteroatoms. The second-order valence-electron chi connectivity index (χ2n) is 2.87. The first-order valence-electron chi connectivity index (χ1n) is 3.99. The molecule has 66 valence electrons. The van der Waals surface area contributed by atoms with Crippen LogP contribution in [0.1, 0.15) is 0 Å². The van der Waals surface area contributed by atoms with Gasteiger partial charge in [-0.3, -0.25) is 4.57 Å². The van der Waals surface area contributed by atoms with Gasteiger partial charge in [-0.1, -0.05) is 30.3 Å². The van der Waals surface area contributed by atoms with E-state index in [0.29, 0.717) is 5.30 Å². The topological polar surface area (TPSA) is 37.3 Å². The zero-order valence-electron chi connectivity index (χ0n) is 6.90. The Morgan fingerprint density at radius 1 is 1.00 bits per heavy atom. The minimum Gasteiger partial charge on any atom is -0.343 e. The molecular weight excluding hydrogens is 183 g/mol. The van der Waals surface area contributed by atoms with Gasteiger partial charge in [0.1, 0.15) is 0 Å². The smallest absolute Gasteiger partial charge is 0.218 e. The van der Waals surface area contributed by atoms with Gasteiger partial charge in [-0.25, -0.2) is 0 Å². The highest BCUT2D eigenvalue weighted by molar-refractivity contribution is 7.47. The fourth-order valence-electron chi connectivity index (χ4n) is 1.32. The van der Waals surface area contributed by atoms with Crippen molar-refractivity contribution in [3.8, 4) is 0 Å². The summed E-state index contributed by atoms with van der Waals surface area (Å²) in [5, 5.41) is 2.62. The van der Waals surface area contributed by atoms with Gasteiger partial charge in [0.15, 0.2) is 0 Å². The monoisotopic (exact) mass is 192 g/mol. The summed E-state index contributed by atoms with van der Waals surface area (Å²) in [6.07, 6.45) is 0. The van der Waals surface area contributed by atoms with Crippen LogP contribution in [0, 0.1) is 0 Å². The lowest BCUT2D eigenvalue weighted by molar-refractivity contribution is 0.513. The molecule has 0 bridgehead atoms. The molecule has 2 rings (SSSR count). The van der Waals surface area contributed by atoms with E-state index < -0.39 is 8.03 Å². The lowest BCUT2D eigenvalue weighted by Crippen LogP contribution is -1.93. The molecule has 0 saturated heterocycles. The number of fused-ring (bicyclic) bond motifs is 1. The highest BCUT2D eigenvalue weighted by atomic mass is 31.1. The molecule has 0 fully saturated rings. The summed E-state index contributed by atoms with van der Waals surface area (Å²) in [5.41, 5.74) is 0. The average molecular weight is 192 g/mol. The summed E-state index contributed by atoms with van der Waals surface area (Å²) >= 11 is 0. The number of hydrogen-bond acceptors (Lipinski definition) is 1. The predicted molar refractivity (Wildman–Crippen MR) is 54.8 cm³/mol. The molecule has 0 heterocycles. The van der Waals surface area contributed by atoms with Gasteiger partial charge in [0.05, 0.1) is 0 Å². The lowest BCUT2D eigenvalue weighted by Gasteiger charge is -1.99. The lowest BCUT2D eigenvalue weighted by atomic mass is 10.1. The van der Waals surface area contributed by atoms with Gasteiger partial charge in [-0.05, 0) is 22.9 Å². The van der Waals surface area contributed by atoms with Crippen LogP contribution in [0.15, 0.2) is 42.5 Å². The Kier molecular flexibility index (Phi) is 2.17. The van der Waals surface area contributed by atoms with Crippen LogP contribution in [0.25, 0.3) is 10.8 Å². The predicted octanol–water partition coefficient (Wildman–Crippen LogP) is 1.93. The summed E-state index contributed by atoms with van der Waals surface area (Å²) in [6, 6.07) is 13.1. The molecule has 0 amide bonds. The second-order valence-corrected chi connectivity index (χ2v) is 4.05. The normalized spacial score (nSPS) is 13.0. The summed E-state index contributed by atoms with van der Waals surface area (Å²) in [6.45, 7) is 0. The van der Waals surface area contributed by atoms with Gasteiger partial charge in [0.25, 0.3) is 0 Å². The van der Waals surface area contributed by atoms with Crippen LogP contribution in [0.2, 0.25) is 0 Å². The van der Waals surface area contributed by atoms with Crippen LogP contribution in [0.4, 0.5) is 0 Å². The third-order valence-corrected chi connectivity index (χ3v) is 2.80. The number of benzene rings is 2. The maximum atomic E-state index is 10.8. The van der Waals surface area contributed by atoms with Crippen molar-refractivity contribution in [3.63, 3.8) is 0 Å². The maximum absolute atomic E-state index is 10.8. The molecule has 1 unspecified atom stereocenters. The van der Waals surface area contributed by atoms with Gasteiger partial charge in [0, 0.05) is 5.30 Å². The molecule has 13 heavy (non-hydrogen) atoms. The van der Waals surface area contributed by atoms with Crippen LogP contribution >= 0.6 is 8.03 Å². The van der Waals surface area contributed by atoms with Crippen LogP contribution in [-0.4, -0.2) is 4.89 Å².